The largest absolute Gasteiger partial charge is 1.00 e. The van der Waals surface area contributed by atoms with E-state index in [1.807, 2.05) is 84.9 Å². The number of carbonyl (C=O) groups is 1. The number of esters is 1. The molecule has 0 aliphatic rings. The van der Waals surface area contributed by atoms with Gasteiger partial charge in [-0.25, -0.2) is 4.98 Å². The predicted octanol–water partition coefficient (Wildman–Crippen LogP) is 1.72. The van der Waals surface area contributed by atoms with Gasteiger partial charge in [0.25, 0.3) is 5.56 Å². The first kappa shape index (κ1) is 29.3. The lowest BCUT2D eigenvalue weighted by Gasteiger charge is -2.28. The number of hydrogen-bond donors (Lipinski definition) is 1. The van der Waals surface area contributed by atoms with Gasteiger partial charge in [0.2, 0.25) is 5.30 Å². The fourth-order valence-corrected chi connectivity index (χ4v) is 10.2. The molecule has 0 spiro atoms. The molecule has 4 aromatic carbocycles. The molecule has 0 aliphatic carbocycles. The third-order valence-electron chi connectivity index (χ3n) is 6.31. The zero-order chi connectivity index (χ0) is 27.1. The second-order valence-corrected chi connectivity index (χ2v) is 13.0. The van der Waals surface area contributed by atoms with Crippen molar-refractivity contribution in [2.45, 2.75) is 11.9 Å². The summed E-state index contributed by atoms with van der Waals surface area (Å²) in [6.45, 7) is 2.07. The number of hydrogen-bond acceptors (Lipinski definition) is 5. The van der Waals surface area contributed by atoms with Crippen LogP contribution in [0.3, 0.4) is 0 Å². The SMILES string of the molecule is CCOC(=O)CSc1nc(-c2ccccc2)[nH]c(=O)c1[P+](c1ccccc1)(c1ccccc1)c1ccccc1.[Cl-]. The third kappa shape index (κ3) is 5.90. The van der Waals surface area contributed by atoms with E-state index in [1.165, 1.54) is 11.8 Å². The highest BCUT2D eigenvalue weighted by Crippen LogP contribution is 2.54. The van der Waals surface area contributed by atoms with Crippen LogP contribution in [0.2, 0.25) is 0 Å². The summed E-state index contributed by atoms with van der Waals surface area (Å²) in [6.07, 6.45) is 0. The Morgan fingerprint density at radius 2 is 1.23 bits per heavy atom. The first-order chi connectivity index (χ1) is 19.1. The van der Waals surface area contributed by atoms with Crippen molar-refractivity contribution in [2.24, 2.45) is 0 Å². The zero-order valence-corrected chi connectivity index (χ0v) is 24.3. The van der Waals surface area contributed by atoms with Gasteiger partial charge < -0.3 is 22.1 Å². The Morgan fingerprint density at radius 1 is 0.775 bits per heavy atom. The van der Waals surface area contributed by atoms with Crippen molar-refractivity contribution in [3.05, 3.63) is 132 Å². The second kappa shape index (κ2) is 13.6. The maximum Gasteiger partial charge on any atom is 0.316 e. The van der Waals surface area contributed by atoms with Gasteiger partial charge in [-0.1, -0.05) is 96.7 Å². The number of halogens is 1. The topological polar surface area (TPSA) is 72.0 Å². The maximum atomic E-state index is 14.4. The molecule has 0 saturated heterocycles. The minimum atomic E-state index is -2.75. The summed E-state index contributed by atoms with van der Waals surface area (Å²) in [5.74, 6) is 0.159. The van der Waals surface area contributed by atoms with Crippen LogP contribution in [0.1, 0.15) is 6.92 Å². The molecule has 5 rings (SSSR count). The maximum absolute atomic E-state index is 14.4. The van der Waals surface area contributed by atoms with Gasteiger partial charge in [0, 0.05) is 5.56 Å². The van der Waals surface area contributed by atoms with Crippen LogP contribution >= 0.6 is 19.0 Å². The lowest BCUT2D eigenvalue weighted by Crippen LogP contribution is -3.00. The van der Waals surface area contributed by atoms with Gasteiger partial charge in [-0.05, 0) is 43.3 Å². The van der Waals surface area contributed by atoms with Crippen molar-refractivity contribution in [1.29, 1.82) is 0 Å². The minimum absolute atomic E-state index is 0. The fourth-order valence-electron chi connectivity index (χ4n) is 4.69. The number of aromatic nitrogens is 2. The molecule has 5 aromatic rings. The molecular weight excluding hydrogens is 559 g/mol. The fraction of sp³-hybridized carbons (Fsp3) is 0.0938. The molecule has 5 nitrogen and oxygen atoms in total. The molecule has 0 saturated carbocycles. The molecule has 0 radical (unpaired) electrons. The zero-order valence-electron chi connectivity index (χ0n) is 21.9. The van der Waals surface area contributed by atoms with Crippen LogP contribution in [0, 0.1) is 0 Å². The molecule has 1 heterocycles. The number of nitrogens with zero attached hydrogens (tertiary/aromatic N) is 1. The molecule has 202 valence electrons. The number of benzene rings is 4. The molecule has 1 N–H and O–H groups in total. The Hall–Kier alpha value is -3.70. The third-order valence-corrected chi connectivity index (χ3v) is 11.7. The highest BCUT2D eigenvalue weighted by atomic mass is 35.5. The van der Waals surface area contributed by atoms with Gasteiger partial charge in [-0.15, -0.1) is 0 Å². The monoisotopic (exact) mass is 586 g/mol. The van der Waals surface area contributed by atoms with Crippen molar-refractivity contribution in [3.63, 3.8) is 0 Å². The normalized spacial score (nSPS) is 10.9. The molecule has 0 aliphatic heterocycles. The number of aromatic amines is 1. The van der Waals surface area contributed by atoms with Gasteiger partial charge >= 0.3 is 5.97 Å². The molecule has 0 atom stereocenters. The molecule has 8 heteroatoms. The Morgan fingerprint density at radius 3 is 1.68 bits per heavy atom. The quantitative estimate of drug-likeness (QED) is 0.123. The molecule has 0 amide bonds. The van der Waals surface area contributed by atoms with Crippen LogP contribution < -0.4 is 39.2 Å². The summed E-state index contributed by atoms with van der Waals surface area (Å²) in [4.78, 5) is 35.0. The van der Waals surface area contributed by atoms with Gasteiger partial charge in [-0.3, -0.25) is 9.59 Å². The van der Waals surface area contributed by atoms with Crippen LogP contribution in [-0.4, -0.2) is 28.3 Å². The lowest BCUT2D eigenvalue weighted by atomic mass is 10.2. The Labute approximate surface area is 244 Å². The van der Waals surface area contributed by atoms with E-state index in [0.717, 1.165) is 21.5 Å². The molecule has 0 fully saturated rings. The molecule has 1 aromatic heterocycles. The average Bonchev–Trinajstić information content (AvgIpc) is 2.99. The first-order valence-corrected chi connectivity index (χ1v) is 15.5. The summed E-state index contributed by atoms with van der Waals surface area (Å²) < 4.78 is 5.22. The van der Waals surface area contributed by atoms with E-state index < -0.39 is 7.26 Å². The Kier molecular flexibility index (Phi) is 9.94. The van der Waals surface area contributed by atoms with Crippen LogP contribution in [0.4, 0.5) is 0 Å². The van der Waals surface area contributed by atoms with Gasteiger partial charge in [0.15, 0.2) is 7.26 Å². The van der Waals surface area contributed by atoms with Crippen LogP contribution in [0.25, 0.3) is 11.4 Å². The van der Waals surface area contributed by atoms with Crippen LogP contribution in [0.15, 0.2) is 131 Å². The number of ether oxygens (including phenoxy) is 1. The number of rotatable bonds is 9. The van der Waals surface area contributed by atoms with Crippen molar-refractivity contribution in [2.75, 3.05) is 12.4 Å². The number of thioether (sulfide) groups is 1. The van der Waals surface area contributed by atoms with Crippen molar-refractivity contribution >= 4 is 46.2 Å². The Bertz CT molecular complexity index is 1510. The lowest BCUT2D eigenvalue weighted by molar-refractivity contribution is -0.139. The van der Waals surface area contributed by atoms with Crippen molar-refractivity contribution in [1.82, 2.24) is 9.97 Å². The van der Waals surface area contributed by atoms with Gasteiger partial charge in [0.05, 0.1) is 12.4 Å². The molecule has 0 bridgehead atoms. The van der Waals surface area contributed by atoms with E-state index in [0.29, 0.717) is 22.8 Å². The average molecular weight is 587 g/mol. The van der Waals surface area contributed by atoms with E-state index in [4.69, 9.17) is 9.72 Å². The highest BCUT2D eigenvalue weighted by Gasteiger charge is 2.52. The first-order valence-electron chi connectivity index (χ1n) is 12.7. The van der Waals surface area contributed by atoms with Crippen LogP contribution in [-0.2, 0) is 9.53 Å². The summed E-state index contributed by atoms with van der Waals surface area (Å²) >= 11 is 1.25. The van der Waals surface area contributed by atoms with E-state index in [2.05, 4.69) is 41.4 Å². The van der Waals surface area contributed by atoms with Crippen molar-refractivity contribution in [3.8, 4) is 11.4 Å². The number of H-pyrrole nitrogens is 1. The number of nitrogens with one attached hydrogen (secondary N) is 1. The van der Waals surface area contributed by atoms with E-state index in [-0.39, 0.29) is 29.7 Å². The predicted molar refractivity (Wildman–Crippen MR) is 162 cm³/mol. The van der Waals surface area contributed by atoms with Crippen LogP contribution in [0.5, 0.6) is 0 Å². The standard InChI is InChI=1S/C32H27N2O3PS.ClH/c1-2-37-28(35)23-39-32-29(31(36)33-30(34-32)24-15-7-3-8-16-24)38(25-17-9-4-10-18-25,26-19-11-5-12-20-26)27-21-13-6-14-22-27;/h3-22H,2,23H2,1H3;1H. The minimum Gasteiger partial charge on any atom is -1.00 e. The van der Waals surface area contributed by atoms with E-state index >= 15 is 0 Å². The van der Waals surface area contributed by atoms with E-state index in [1.54, 1.807) is 6.92 Å². The molecular formula is C32H28ClN2O3PS. The van der Waals surface area contributed by atoms with Gasteiger partial charge in [-0.2, -0.15) is 0 Å². The van der Waals surface area contributed by atoms with E-state index in [9.17, 15) is 9.59 Å². The summed E-state index contributed by atoms with van der Waals surface area (Å²) in [5.41, 5.74) is 0.572. The van der Waals surface area contributed by atoms with Crippen molar-refractivity contribution < 1.29 is 21.9 Å². The highest BCUT2D eigenvalue weighted by molar-refractivity contribution is 8.04. The summed E-state index contributed by atoms with van der Waals surface area (Å²) in [5, 5.41) is 4.18. The number of carbonyl (C=O) groups excluding carboxylic acids is 1. The van der Waals surface area contributed by atoms with Gasteiger partial charge in [0.1, 0.15) is 26.8 Å². The summed E-state index contributed by atoms with van der Waals surface area (Å²) in [7, 11) is -2.75. The Balaban J connectivity index is 0.00000370. The second-order valence-electron chi connectivity index (χ2n) is 8.71. The molecule has 40 heavy (non-hydrogen) atoms. The molecule has 0 unspecified atom stereocenters. The summed E-state index contributed by atoms with van der Waals surface area (Å²) in [6, 6.07) is 40.0. The smallest absolute Gasteiger partial charge is 0.316 e.